The quantitative estimate of drug-likeness (QED) is 0.722. The van der Waals surface area contributed by atoms with Gasteiger partial charge in [0, 0.05) is 19.1 Å². The second kappa shape index (κ2) is 6.96. The Balaban J connectivity index is 1.38. The largest absolute Gasteiger partial charge is 0.335 e. The Bertz CT molecular complexity index is 414. The second-order valence-electron chi connectivity index (χ2n) is 7.24. The first-order valence-corrected chi connectivity index (χ1v) is 8.69. The first-order chi connectivity index (χ1) is 10.7. The molecule has 2 heterocycles. The smallest absolute Gasteiger partial charge is 0.321 e. The third kappa shape index (κ3) is 3.98. The molecule has 6 nitrogen and oxygen atoms in total. The SMILES string of the molecule is O=C(CN1CCC2(CCNC2)C1)NC(=O)NC1CCCCC1. The molecule has 3 aliphatic rings. The molecule has 0 radical (unpaired) electrons. The van der Waals surface area contributed by atoms with Gasteiger partial charge in [0.25, 0.3) is 0 Å². The van der Waals surface area contributed by atoms with Gasteiger partial charge in [0.2, 0.25) is 5.91 Å². The maximum atomic E-state index is 12.0. The van der Waals surface area contributed by atoms with E-state index >= 15 is 0 Å². The Morgan fingerprint density at radius 1 is 1.18 bits per heavy atom. The molecule has 22 heavy (non-hydrogen) atoms. The Hall–Kier alpha value is -1.14. The number of carbonyl (C=O) groups is 2. The summed E-state index contributed by atoms with van der Waals surface area (Å²) >= 11 is 0. The van der Waals surface area contributed by atoms with Gasteiger partial charge in [-0.25, -0.2) is 4.79 Å². The molecule has 3 fully saturated rings. The van der Waals surface area contributed by atoms with Crippen molar-refractivity contribution in [1.82, 2.24) is 20.9 Å². The van der Waals surface area contributed by atoms with Crippen LogP contribution in [-0.2, 0) is 4.79 Å². The van der Waals surface area contributed by atoms with Gasteiger partial charge in [-0.05, 0) is 44.2 Å². The van der Waals surface area contributed by atoms with Gasteiger partial charge in [0.15, 0.2) is 0 Å². The zero-order chi connectivity index (χ0) is 15.4. The summed E-state index contributed by atoms with van der Waals surface area (Å²) < 4.78 is 0. The predicted molar refractivity (Wildman–Crippen MR) is 84.5 cm³/mol. The summed E-state index contributed by atoms with van der Waals surface area (Å²) in [6.45, 7) is 4.41. The third-order valence-corrected chi connectivity index (χ3v) is 5.41. The number of rotatable bonds is 3. The fraction of sp³-hybridized carbons (Fsp3) is 0.875. The van der Waals surface area contributed by atoms with Crippen molar-refractivity contribution in [2.75, 3.05) is 32.7 Å². The number of nitrogens with zero attached hydrogens (tertiary/aromatic N) is 1. The van der Waals surface area contributed by atoms with Crippen LogP contribution < -0.4 is 16.0 Å². The Kier molecular flexibility index (Phi) is 4.98. The molecule has 0 aromatic heterocycles. The molecule has 1 aliphatic carbocycles. The zero-order valence-corrected chi connectivity index (χ0v) is 13.3. The van der Waals surface area contributed by atoms with E-state index in [-0.39, 0.29) is 18.0 Å². The lowest BCUT2D eigenvalue weighted by atomic mass is 9.87. The lowest BCUT2D eigenvalue weighted by Gasteiger charge is -2.23. The molecule has 1 saturated carbocycles. The summed E-state index contributed by atoms with van der Waals surface area (Å²) in [4.78, 5) is 26.1. The fourth-order valence-electron chi connectivity index (χ4n) is 4.14. The van der Waals surface area contributed by atoms with Gasteiger partial charge in [0.1, 0.15) is 0 Å². The molecule has 3 amide bonds. The van der Waals surface area contributed by atoms with Crippen LogP contribution in [0.1, 0.15) is 44.9 Å². The molecule has 0 bridgehead atoms. The average molecular weight is 308 g/mol. The fourth-order valence-corrected chi connectivity index (χ4v) is 4.14. The lowest BCUT2D eigenvalue weighted by molar-refractivity contribution is -0.121. The number of urea groups is 1. The summed E-state index contributed by atoms with van der Waals surface area (Å²) in [5, 5.41) is 8.83. The highest BCUT2D eigenvalue weighted by Crippen LogP contribution is 2.35. The van der Waals surface area contributed by atoms with Crippen LogP contribution in [-0.4, -0.2) is 55.6 Å². The Labute approximate surface area is 132 Å². The van der Waals surface area contributed by atoms with Gasteiger partial charge in [0.05, 0.1) is 6.54 Å². The highest BCUT2D eigenvalue weighted by molar-refractivity contribution is 5.95. The van der Waals surface area contributed by atoms with E-state index in [1.807, 2.05) is 0 Å². The molecular weight excluding hydrogens is 280 g/mol. The monoisotopic (exact) mass is 308 g/mol. The van der Waals surface area contributed by atoms with Gasteiger partial charge in [-0.3, -0.25) is 15.0 Å². The van der Waals surface area contributed by atoms with Crippen molar-refractivity contribution >= 4 is 11.9 Å². The minimum absolute atomic E-state index is 0.184. The maximum absolute atomic E-state index is 12.0. The molecule has 3 N–H and O–H groups in total. The minimum Gasteiger partial charge on any atom is -0.335 e. The summed E-state index contributed by atoms with van der Waals surface area (Å²) in [6.07, 6.45) is 8.01. The van der Waals surface area contributed by atoms with E-state index in [0.29, 0.717) is 12.0 Å². The first-order valence-electron chi connectivity index (χ1n) is 8.69. The molecule has 1 atom stereocenters. The summed E-state index contributed by atoms with van der Waals surface area (Å²) in [5.41, 5.74) is 0.366. The first kappa shape index (κ1) is 15.7. The van der Waals surface area contributed by atoms with Crippen molar-refractivity contribution in [3.05, 3.63) is 0 Å². The van der Waals surface area contributed by atoms with Crippen LogP contribution in [0.2, 0.25) is 0 Å². The van der Waals surface area contributed by atoms with Crippen LogP contribution in [0.4, 0.5) is 4.79 Å². The predicted octanol–water partition coefficient (Wildman–Crippen LogP) is 0.830. The number of nitrogens with one attached hydrogen (secondary N) is 3. The standard InChI is InChI=1S/C16H28N4O2/c21-14(19-15(22)18-13-4-2-1-3-5-13)10-20-9-7-16(12-20)6-8-17-11-16/h13,17H,1-12H2,(H2,18,19,21,22). The second-order valence-corrected chi connectivity index (χ2v) is 7.24. The number of carbonyl (C=O) groups excluding carboxylic acids is 2. The van der Waals surface area contributed by atoms with Crippen molar-refractivity contribution in [2.45, 2.75) is 51.0 Å². The number of amides is 3. The van der Waals surface area contributed by atoms with Crippen molar-refractivity contribution in [3.8, 4) is 0 Å². The van der Waals surface area contributed by atoms with Crippen LogP contribution in [0.5, 0.6) is 0 Å². The van der Waals surface area contributed by atoms with Gasteiger partial charge in [-0.15, -0.1) is 0 Å². The van der Waals surface area contributed by atoms with Crippen LogP contribution in [0.3, 0.4) is 0 Å². The highest BCUT2D eigenvalue weighted by Gasteiger charge is 2.40. The molecule has 0 aromatic carbocycles. The topological polar surface area (TPSA) is 73.5 Å². The molecule has 6 heteroatoms. The lowest BCUT2D eigenvalue weighted by Crippen LogP contribution is -2.48. The highest BCUT2D eigenvalue weighted by atomic mass is 16.2. The molecule has 2 saturated heterocycles. The summed E-state index contributed by atoms with van der Waals surface area (Å²) in [5.74, 6) is -0.184. The van der Waals surface area contributed by atoms with E-state index in [1.165, 1.54) is 25.7 Å². The normalized spacial score (nSPS) is 29.8. The van der Waals surface area contributed by atoms with E-state index < -0.39 is 0 Å². The zero-order valence-electron chi connectivity index (χ0n) is 13.3. The van der Waals surface area contributed by atoms with Crippen LogP contribution in [0, 0.1) is 5.41 Å². The molecular formula is C16H28N4O2. The average Bonchev–Trinajstić information content (AvgIpc) is 3.10. The number of hydrogen-bond donors (Lipinski definition) is 3. The van der Waals surface area contributed by atoms with Gasteiger partial charge < -0.3 is 10.6 Å². The van der Waals surface area contributed by atoms with Gasteiger partial charge in [-0.2, -0.15) is 0 Å². The molecule has 0 aromatic rings. The molecule has 124 valence electrons. The van der Waals surface area contributed by atoms with E-state index in [0.717, 1.165) is 45.4 Å². The van der Waals surface area contributed by atoms with Crippen molar-refractivity contribution in [2.24, 2.45) is 5.41 Å². The van der Waals surface area contributed by atoms with E-state index in [2.05, 4.69) is 20.9 Å². The van der Waals surface area contributed by atoms with Crippen molar-refractivity contribution in [1.29, 1.82) is 0 Å². The minimum atomic E-state index is -0.326. The maximum Gasteiger partial charge on any atom is 0.321 e. The molecule has 2 aliphatic heterocycles. The number of imide groups is 1. The third-order valence-electron chi connectivity index (χ3n) is 5.41. The molecule has 3 rings (SSSR count). The van der Waals surface area contributed by atoms with E-state index in [4.69, 9.17) is 0 Å². The van der Waals surface area contributed by atoms with E-state index in [9.17, 15) is 9.59 Å². The van der Waals surface area contributed by atoms with Crippen LogP contribution >= 0.6 is 0 Å². The number of likely N-dealkylation sites (tertiary alicyclic amines) is 1. The van der Waals surface area contributed by atoms with Crippen LogP contribution in [0.15, 0.2) is 0 Å². The van der Waals surface area contributed by atoms with Crippen molar-refractivity contribution in [3.63, 3.8) is 0 Å². The van der Waals surface area contributed by atoms with Gasteiger partial charge in [-0.1, -0.05) is 19.3 Å². The van der Waals surface area contributed by atoms with Crippen LogP contribution in [0.25, 0.3) is 0 Å². The molecule has 1 unspecified atom stereocenters. The van der Waals surface area contributed by atoms with Gasteiger partial charge >= 0.3 is 6.03 Å². The summed E-state index contributed by atoms with van der Waals surface area (Å²) in [6, 6.07) is -0.0884. The number of hydrogen-bond acceptors (Lipinski definition) is 4. The Morgan fingerprint density at radius 2 is 2.00 bits per heavy atom. The molecule has 1 spiro atoms. The summed E-state index contributed by atoms with van der Waals surface area (Å²) in [7, 11) is 0. The van der Waals surface area contributed by atoms with Crippen molar-refractivity contribution < 1.29 is 9.59 Å². The van der Waals surface area contributed by atoms with E-state index in [1.54, 1.807) is 0 Å². The Morgan fingerprint density at radius 3 is 2.73 bits per heavy atom.